The Morgan fingerprint density at radius 2 is 1.47 bits per heavy atom. The van der Waals surface area contributed by atoms with E-state index in [0.29, 0.717) is 6.42 Å². The molecule has 0 spiro atoms. The van der Waals surface area contributed by atoms with Crippen LogP contribution in [0, 0.1) is 6.42 Å². The molecule has 0 aromatic heterocycles. The van der Waals surface area contributed by atoms with Crippen LogP contribution in [0.4, 0.5) is 0 Å². The van der Waals surface area contributed by atoms with Gasteiger partial charge in [-0.25, -0.2) is 4.18 Å². The standard InChI is InChI=1S/C12H25O4S.C6H13NO5.Na/c1-2-3-4-5-6-7-8-9-10-11-12-16-17(13,14)15;8-2-6(3-9,4-10)7-1-5(11)12;/h7H,2-6,8-12H2,1H3,(H,13,14,15);7-10H,1-4H2,(H,11,12);/q-1;;+1. The Morgan fingerprint density at radius 3 is 1.87 bits per heavy atom. The Kier molecular flexibility index (Phi) is 25.9. The van der Waals surface area contributed by atoms with Gasteiger partial charge in [0.1, 0.15) is 0 Å². The Bertz CT molecular complexity index is 480. The summed E-state index contributed by atoms with van der Waals surface area (Å²) < 4.78 is 33.0. The molecule has 0 aliphatic heterocycles. The monoisotopic (exact) mass is 467 g/mol. The minimum absolute atomic E-state index is 0. The largest absolute Gasteiger partial charge is 1.00 e. The van der Waals surface area contributed by atoms with Gasteiger partial charge < -0.3 is 26.8 Å². The number of unbranched alkanes of at least 4 members (excludes halogenated alkanes) is 9. The number of hydrogen-bond acceptors (Lipinski definition) is 8. The molecule has 0 amide bonds. The Labute approximate surface area is 202 Å². The number of carbonyl (C=O) groups is 1. The molecule has 0 aliphatic rings. The van der Waals surface area contributed by atoms with E-state index in [4.69, 9.17) is 25.0 Å². The second-order valence-electron chi connectivity index (χ2n) is 6.74. The molecule has 6 N–H and O–H groups in total. The van der Waals surface area contributed by atoms with E-state index >= 15 is 0 Å². The molecule has 0 aliphatic carbocycles. The molecule has 0 fully saturated rings. The number of aliphatic hydroxyl groups is 3. The number of hydrogen-bond donors (Lipinski definition) is 6. The van der Waals surface area contributed by atoms with Crippen molar-refractivity contribution in [3.05, 3.63) is 6.42 Å². The van der Waals surface area contributed by atoms with Gasteiger partial charge in [0.05, 0.1) is 38.5 Å². The average Bonchev–Trinajstić information content (AvgIpc) is 2.67. The van der Waals surface area contributed by atoms with E-state index in [2.05, 4.69) is 22.8 Å². The first-order valence-corrected chi connectivity index (χ1v) is 11.3. The van der Waals surface area contributed by atoms with Gasteiger partial charge in [-0.3, -0.25) is 14.7 Å². The minimum atomic E-state index is -4.24. The van der Waals surface area contributed by atoms with Crippen molar-refractivity contribution in [2.75, 3.05) is 33.0 Å². The summed E-state index contributed by atoms with van der Waals surface area (Å²) in [5.74, 6) is -1.12. The van der Waals surface area contributed by atoms with Crippen molar-refractivity contribution in [1.29, 1.82) is 0 Å². The van der Waals surface area contributed by atoms with E-state index in [1.54, 1.807) is 0 Å². The van der Waals surface area contributed by atoms with Crippen molar-refractivity contribution >= 4 is 16.4 Å². The summed E-state index contributed by atoms with van der Waals surface area (Å²) in [5.41, 5.74) is -1.31. The second kappa shape index (κ2) is 22.4. The zero-order valence-corrected chi connectivity index (χ0v) is 21.1. The Hall–Kier alpha value is 0.180. The normalized spacial score (nSPS) is 11.4. The average molecular weight is 468 g/mol. The number of aliphatic carboxylic acids is 1. The maximum atomic E-state index is 10.2. The third-order valence-corrected chi connectivity index (χ3v) is 4.53. The topological polar surface area (TPSA) is 174 Å². The molecular formula is C18H38NNaO9S. The van der Waals surface area contributed by atoms with Crippen molar-refractivity contribution in [3.63, 3.8) is 0 Å². The predicted molar refractivity (Wildman–Crippen MR) is 109 cm³/mol. The maximum Gasteiger partial charge on any atom is 1.00 e. The number of carboxylic acids is 1. The van der Waals surface area contributed by atoms with Gasteiger partial charge in [0, 0.05) is 0 Å². The van der Waals surface area contributed by atoms with Crippen molar-refractivity contribution in [1.82, 2.24) is 5.32 Å². The number of rotatable bonds is 18. The molecule has 0 bridgehead atoms. The van der Waals surface area contributed by atoms with Gasteiger partial charge in [0.2, 0.25) is 0 Å². The van der Waals surface area contributed by atoms with Crippen LogP contribution in [0.3, 0.4) is 0 Å². The van der Waals surface area contributed by atoms with Crippen LogP contribution in [0.25, 0.3) is 0 Å². The third-order valence-electron chi connectivity index (χ3n) is 4.07. The van der Waals surface area contributed by atoms with Gasteiger partial charge in [0.25, 0.3) is 0 Å². The van der Waals surface area contributed by atoms with Gasteiger partial charge in [0.15, 0.2) is 0 Å². The van der Waals surface area contributed by atoms with Crippen LogP contribution in [0.5, 0.6) is 0 Å². The fourth-order valence-electron chi connectivity index (χ4n) is 2.17. The molecule has 12 heteroatoms. The Balaban J connectivity index is -0.000000497. The first kappa shape index (κ1) is 34.8. The summed E-state index contributed by atoms with van der Waals surface area (Å²) in [6, 6.07) is 0. The first-order valence-electron chi connectivity index (χ1n) is 9.89. The molecule has 0 rings (SSSR count). The smallest absolute Gasteiger partial charge is 0.480 e. The van der Waals surface area contributed by atoms with E-state index < -0.39 is 48.3 Å². The molecule has 0 aromatic rings. The molecule has 0 saturated carbocycles. The molecule has 176 valence electrons. The molecular weight excluding hydrogens is 429 g/mol. The van der Waals surface area contributed by atoms with Crippen molar-refractivity contribution in [2.24, 2.45) is 0 Å². The zero-order chi connectivity index (χ0) is 22.6. The van der Waals surface area contributed by atoms with Crippen LogP contribution in [0.2, 0.25) is 0 Å². The maximum absolute atomic E-state index is 10.2. The molecule has 0 atom stereocenters. The molecule has 0 aromatic carbocycles. The number of aliphatic hydroxyl groups excluding tert-OH is 3. The fourth-order valence-corrected chi connectivity index (χ4v) is 2.50. The molecule has 0 saturated heterocycles. The summed E-state index contributed by atoms with van der Waals surface area (Å²) >= 11 is 0. The summed E-state index contributed by atoms with van der Waals surface area (Å²) in [4.78, 5) is 10.1. The minimum Gasteiger partial charge on any atom is -0.480 e. The van der Waals surface area contributed by atoms with Crippen LogP contribution in [0.1, 0.15) is 64.7 Å². The van der Waals surface area contributed by atoms with Crippen LogP contribution < -0.4 is 34.9 Å². The second-order valence-corrected chi connectivity index (χ2v) is 7.83. The molecule has 10 nitrogen and oxygen atoms in total. The van der Waals surface area contributed by atoms with E-state index in [0.717, 1.165) is 19.3 Å². The van der Waals surface area contributed by atoms with E-state index in [9.17, 15) is 13.2 Å². The molecule has 30 heavy (non-hydrogen) atoms. The summed E-state index contributed by atoms with van der Waals surface area (Å²) in [7, 11) is -4.24. The van der Waals surface area contributed by atoms with E-state index in [1.165, 1.54) is 32.1 Å². The van der Waals surface area contributed by atoms with Crippen LogP contribution >= 0.6 is 0 Å². The summed E-state index contributed by atoms with van der Waals surface area (Å²) in [6.07, 6.45) is 12.4. The van der Waals surface area contributed by atoms with Crippen molar-refractivity contribution < 1.29 is 71.9 Å². The summed E-state index contributed by atoms with van der Waals surface area (Å²) in [5, 5.41) is 36.7. The summed E-state index contributed by atoms with van der Waals surface area (Å²) in [6.45, 7) is 0.309. The predicted octanol–water partition coefficient (Wildman–Crippen LogP) is -2.08. The van der Waals surface area contributed by atoms with Crippen LogP contribution in [0.15, 0.2) is 0 Å². The Morgan fingerprint density at radius 1 is 0.967 bits per heavy atom. The van der Waals surface area contributed by atoms with Gasteiger partial charge in [-0.15, -0.1) is 0 Å². The molecule has 0 heterocycles. The molecule has 0 radical (unpaired) electrons. The quantitative estimate of drug-likeness (QED) is 0.0568. The number of nitrogens with one attached hydrogen (secondary N) is 1. The van der Waals surface area contributed by atoms with Crippen LogP contribution in [-0.2, 0) is 19.4 Å². The third kappa shape index (κ3) is 24.4. The van der Waals surface area contributed by atoms with Crippen molar-refractivity contribution in [2.45, 2.75) is 70.3 Å². The zero-order valence-electron chi connectivity index (χ0n) is 18.3. The van der Waals surface area contributed by atoms with Crippen molar-refractivity contribution in [3.8, 4) is 0 Å². The van der Waals surface area contributed by atoms with Gasteiger partial charge in [-0.2, -0.15) is 21.3 Å². The van der Waals surface area contributed by atoms with Crippen LogP contribution in [-0.4, -0.2) is 77.9 Å². The number of carboxylic acid groups (broad SMARTS) is 1. The van der Waals surface area contributed by atoms with Gasteiger partial charge in [-0.1, -0.05) is 45.4 Å². The van der Waals surface area contributed by atoms with Gasteiger partial charge >= 0.3 is 45.9 Å². The first-order chi connectivity index (χ1) is 13.7. The van der Waals surface area contributed by atoms with E-state index in [1.807, 2.05) is 0 Å². The van der Waals surface area contributed by atoms with Gasteiger partial charge in [-0.05, 0) is 6.42 Å². The molecule has 0 unspecified atom stereocenters. The SMILES string of the molecule is CCCCCC[CH-]CCCCCOS(=O)(=O)O.O=C(O)CNC(CO)(CO)CO.[Na+]. The van der Waals surface area contributed by atoms with E-state index in [-0.39, 0.29) is 36.2 Å². The fraction of sp³-hybridized carbons (Fsp3) is 0.889.